The van der Waals surface area contributed by atoms with E-state index in [1.54, 1.807) is 7.11 Å². The maximum absolute atomic E-state index is 5.53. The van der Waals surface area contributed by atoms with Crippen molar-refractivity contribution in [1.82, 2.24) is 5.32 Å². The van der Waals surface area contributed by atoms with Crippen molar-refractivity contribution in [3.05, 3.63) is 28.8 Å². The maximum Gasteiger partial charge on any atom is 0.122 e. The van der Waals surface area contributed by atoms with E-state index >= 15 is 0 Å². The number of methoxy groups -OCH3 is 1. The summed E-state index contributed by atoms with van der Waals surface area (Å²) in [7, 11) is 1.74. The molecule has 0 radical (unpaired) electrons. The third-order valence-corrected chi connectivity index (χ3v) is 4.47. The molecule has 1 aromatic carbocycles. The first kappa shape index (κ1) is 16.3. The van der Waals surface area contributed by atoms with Crippen LogP contribution in [0.2, 0.25) is 0 Å². The van der Waals surface area contributed by atoms with Crippen LogP contribution in [0.25, 0.3) is 0 Å². The Labute approximate surface area is 129 Å². The van der Waals surface area contributed by atoms with E-state index in [1.807, 2.05) is 0 Å². The van der Waals surface area contributed by atoms with E-state index in [1.165, 1.54) is 16.7 Å². The van der Waals surface area contributed by atoms with Gasteiger partial charge in [-0.1, -0.05) is 13.0 Å². The van der Waals surface area contributed by atoms with Crippen LogP contribution in [0.1, 0.15) is 48.9 Å². The molecule has 1 aromatic rings. The second-order valence-corrected chi connectivity index (χ2v) is 6.06. The molecule has 0 bridgehead atoms. The lowest BCUT2D eigenvalue weighted by Gasteiger charge is -2.33. The van der Waals surface area contributed by atoms with Gasteiger partial charge in [-0.2, -0.15) is 0 Å². The van der Waals surface area contributed by atoms with Crippen LogP contribution in [0.15, 0.2) is 12.1 Å². The molecule has 1 unspecified atom stereocenters. The van der Waals surface area contributed by atoms with E-state index in [0.717, 1.165) is 44.8 Å². The highest BCUT2D eigenvalue weighted by atomic mass is 16.5. The minimum absolute atomic E-state index is 0.429. The molecule has 0 aromatic heterocycles. The zero-order valence-corrected chi connectivity index (χ0v) is 13.9. The summed E-state index contributed by atoms with van der Waals surface area (Å²) in [6.45, 7) is 9.39. The van der Waals surface area contributed by atoms with E-state index in [9.17, 15) is 0 Å². The lowest BCUT2D eigenvalue weighted by molar-refractivity contribution is 0.0535. The Kier molecular flexibility index (Phi) is 6.07. The Morgan fingerprint density at radius 3 is 2.57 bits per heavy atom. The minimum atomic E-state index is 0.429. The Bertz CT molecular complexity index is 453. The van der Waals surface area contributed by atoms with Crippen molar-refractivity contribution in [1.29, 1.82) is 0 Å². The van der Waals surface area contributed by atoms with Crippen LogP contribution >= 0.6 is 0 Å². The van der Waals surface area contributed by atoms with Crippen LogP contribution in [-0.2, 0) is 4.74 Å². The molecule has 3 heteroatoms. The second-order valence-electron chi connectivity index (χ2n) is 6.06. The fourth-order valence-electron chi connectivity index (χ4n) is 3.25. The number of aryl methyl sites for hydroxylation is 2. The number of rotatable bonds is 6. The average molecular weight is 291 g/mol. The summed E-state index contributed by atoms with van der Waals surface area (Å²) in [4.78, 5) is 0. The van der Waals surface area contributed by atoms with Crippen LogP contribution in [-0.4, -0.2) is 26.9 Å². The van der Waals surface area contributed by atoms with E-state index in [0.29, 0.717) is 12.0 Å². The smallest absolute Gasteiger partial charge is 0.122 e. The van der Waals surface area contributed by atoms with Crippen molar-refractivity contribution in [2.24, 2.45) is 5.92 Å². The Hall–Kier alpha value is -1.06. The summed E-state index contributed by atoms with van der Waals surface area (Å²) in [5.74, 6) is 1.65. The summed E-state index contributed by atoms with van der Waals surface area (Å²) >= 11 is 0. The fraction of sp³-hybridized carbons (Fsp3) is 0.667. The first-order valence-electron chi connectivity index (χ1n) is 8.13. The van der Waals surface area contributed by atoms with Crippen molar-refractivity contribution in [2.75, 3.05) is 26.9 Å². The molecule has 0 aliphatic carbocycles. The second kappa shape index (κ2) is 7.81. The summed E-state index contributed by atoms with van der Waals surface area (Å²) in [6.07, 6.45) is 3.45. The zero-order chi connectivity index (χ0) is 15.2. The molecule has 1 fully saturated rings. The highest BCUT2D eigenvalue weighted by molar-refractivity contribution is 5.43. The molecule has 118 valence electrons. The quantitative estimate of drug-likeness (QED) is 0.865. The average Bonchev–Trinajstić information content (AvgIpc) is 2.51. The van der Waals surface area contributed by atoms with Crippen LogP contribution in [0, 0.1) is 19.8 Å². The van der Waals surface area contributed by atoms with Crippen molar-refractivity contribution < 1.29 is 9.47 Å². The number of hydrogen-bond donors (Lipinski definition) is 1. The maximum atomic E-state index is 5.53. The van der Waals surface area contributed by atoms with E-state index in [-0.39, 0.29) is 0 Å². The molecule has 1 heterocycles. The molecule has 0 saturated carbocycles. The molecule has 1 atom stereocenters. The lowest BCUT2D eigenvalue weighted by Crippen LogP contribution is -2.33. The molecule has 3 nitrogen and oxygen atoms in total. The standard InChI is InChI=1S/C18H29NO2/c1-5-8-19-18(15-6-9-21-10-7-15)16-11-14(3)17(20-4)12-13(16)2/h11-12,15,18-19H,5-10H2,1-4H3. The summed E-state index contributed by atoms with van der Waals surface area (Å²) in [5.41, 5.74) is 3.96. The van der Waals surface area contributed by atoms with Crippen molar-refractivity contribution in [3.8, 4) is 5.75 Å². The molecule has 1 saturated heterocycles. The normalized spacial score (nSPS) is 17.7. The molecule has 2 rings (SSSR count). The highest BCUT2D eigenvalue weighted by Crippen LogP contribution is 2.34. The van der Waals surface area contributed by atoms with Gasteiger partial charge in [0.25, 0.3) is 0 Å². The van der Waals surface area contributed by atoms with Gasteiger partial charge in [0.2, 0.25) is 0 Å². The molecular formula is C18H29NO2. The van der Waals surface area contributed by atoms with Crippen molar-refractivity contribution in [3.63, 3.8) is 0 Å². The van der Waals surface area contributed by atoms with Gasteiger partial charge in [-0.3, -0.25) is 0 Å². The Morgan fingerprint density at radius 2 is 1.95 bits per heavy atom. The van der Waals surface area contributed by atoms with Gasteiger partial charge < -0.3 is 14.8 Å². The van der Waals surface area contributed by atoms with Gasteiger partial charge in [0.1, 0.15) is 5.75 Å². The zero-order valence-electron chi connectivity index (χ0n) is 13.9. The van der Waals surface area contributed by atoms with Gasteiger partial charge in [0, 0.05) is 19.3 Å². The van der Waals surface area contributed by atoms with E-state index < -0.39 is 0 Å². The number of ether oxygens (including phenoxy) is 2. The van der Waals surface area contributed by atoms with Crippen molar-refractivity contribution in [2.45, 2.75) is 46.1 Å². The molecule has 21 heavy (non-hydrogen) atoms. The molecule has 1 N–H and O–H groups in total. The first-order chi connectivity index (χ1) is 10.2. The van der Waals surface area contributed by atoms with Crippen molar-refractivity contribution >= 4 is 0 Å². The van der Waals surface area contributed by atoms with Gasteiger partial charge in [0.05, 0.1) is 7.11 Å². The highest BCUT2D eigenvalue weighted by Gasteiger charge is 2.26. The van der Waals surface area contributed by atoms with Gasteiger partial charge in [-0.05, 0) is 68.3 Å². The lowest BCUT2D eigenvalue weighted by atomic mass is 9.84. The molecular weight excluding hydrogens is 262 g/mol. The van der Waals surface area contributed by atoms with Crippen LogP contribution in [0.5, 0.6) is 5.75 Å². The summed E-state index contributed by atoms with van der Waals surface area (Å²) in [5, 5.41) is 3.76. The van der Waals surface area contributed by atoms with Crippen LogP contribution in [0.4, 0.5) is 0 Å². The van der Waals surface area contributed by atoms with Gasteiger partial charge in [-0.25, -0.2) is 0 Å². The van der Waals surface area contributed by atoms with Gasteiger partial charge in [-0.15, -0.1) is 0 Å². The topological polar surface area (TPSA) is 30.5 Å². The third-order valence-electron chi connectivity index (χ3n) is 4.47. The molecule has 1 aliphatic heterocycles. The predicted octanol–water partition coefficient (Wildman–Crippen LogP) is 3.78. The van der Waals surface area contributed by atoms with Gasteiger partial charge >= 0.3 is 0 Å². The van der Waals surface area contributed by atoms with E-state index in [4.69, 9.17) is 9.47 Å². The monoisotopic (exact) mass is 291 g/mol. The molecule has 0 amide bonds. The Balaban J connectivity index is 2.28. The summed E-state index contributed by atoms with van der Waals surface area (Å²) in [6, 6.07) is 4.90. The number of nitrogens with one attached hydrogen (secondary N) is 1. The molecule has 1 aliphatic rings. The fourth-order valence-corrected chi connectivity index (χ4v) is 3.25. The van der Waals surface area contributed by atoms with E-state index in [2.05, 4.69) is 38.2 Å². The number of hydrogen-bond acceptors (Lipinski definition) is 3. The molecule has 0 spiro atoms. The van der Waals surface area contributed by atoms with Gasteiger partial charge in [0.15, 0.2) is 0 Å². The number of benzene rings is 1. The Morgan fingerprint density at radius 1 is 1.24 bits per heavy atom. The first-order valence-corrected chi connectivity index (χ1v) is 8.13. The SMILES string of the molecule is CCCNC(c1cc(C)c(OC)cc1C)C1CCOCC1. The van der Waals surface area contributed by atoms with Crippen LogP contribution < -0.4 is 10.1 Å². The largest absolute Gasteiger partial charge is 0.496 e. The summed E-state index contributed by atoms with van der Waals surface area (Å²) < 4.78 is 11.0. The van der Waals surface area contributed by atoms with Crippen LogP contribution in [0.3, 0.4) is 0 Å². The predicted molar refractivity (Wildman–Crippen MR) is 87.0 cm³/mol. The third kappa shape index (κ3) is 3.98. The minimum Gasteiger partial charge on any atom is -0.496 e.